The zero-order valence-electron chi connectivity index (χ0n) is 12.0. The quantitative estimate of drug-likeness (QED) is 0.730. The molecular formula is C18H17ClO2. The number of aliphatic hydroxyl groups is 1. The Labute approximate surface area is 129 Å². The molecule has 1 heterocycles. The van der Waals surface area contributed by atoms with Gasteiger partial charge < -0.3 is 9.52 Å². The van der Waals surface area contributed by atoms with Crippen molar-refractivity contribution in [2.45, 2.75) is 25.4 Å². The number of rotatable bonds is 3. The third-order valence-corrected chi connectivity index (χ3v) is 4.28. The summed E-state index contributed by atoms with van der Waals surface area (Å²) < 4.78 is 5.79. The molecular weight excluding hydrogens is 284 g/mol. The Hall–Kier alpha value is -1.77. The minimum absolute atomic E-state index is 0.457. The van der Waals surface area contributed by atoms with Crippen molar-refractivity contribution in [3.8, 4) is 0 Å². The molecule has 0 saturated heterocycles. The summed E-state index contributed by atoms with van der Waals surface area (Å²) >= 11 is 6.13. The monoisotopic (exact) mass is 300 g/mol. The van der Waals surface area contributed by atoms with E-state index >= 15 is 0 Å². The molecule has 0 radical (unpaired) electrons. The van der Waals surface area contributed by atoms with Gasteiger partial charge in [0.25, 0.3) is 0 Å². The fourth-order valence-corrected chi connectivity index (χ4v) is 2.78. The van der Waals surface area contributed by atoms with Crippen LogP contribution in [0.3, 0.4) is 0 Å². The predicted molar refractivity (Wildman–Crippen MR) is 85.7 cm³/mol. The number of para-hydroxylation sites is 1. The highest BCUT2D eigenvalue weighted by Gasteiger charge is 2.33. The topological polar surface area (TPSA) is 33.4 Å². The van der Waals surface area contributed by atoms with Crippen LogP contribution in [0, 0.1) is 0 Å². The Morgan fingerprint density at radius 3 is 2.43 bits per heavy atom. The first kappa shape index (κ1) is 14.2. The summed E-state index contributed by atoms with van der Waals surface area (Å²) in [6.45, 7) is 4.00. The number of furan rings is 1. The Balaban J connectivity index is 2.04. The fraction of sp³-hybridized carbons (Fsp3) is 0.222. The average Bonchev–Trinajstić information content (AvgIpc) is 2.93. The Bertz CT molecular complexity index is 759. The second-order valence-corrected chi connectivity index (χ2v) is 6.20. The van der Waals surface area contributed by atoms with Gasteiger partial charge in [-0.3, -0.25) is 0 Å². The Kier molecular flexibility index (Phi) is 3.52. The summed E-state index contributed by atoms with van der Waals surface area (Å²) in [5, 5.41) is 12.2. The molecule has 1 aromatic heterocycles. The van der Waals surface area contributed by atoms with Crippen molar-refractivity contribution in [2.75, 3.05) is 0 Å². The first-order valence-corrected chi connectivity index (χ1v) is 7.29. The SMILES string of the molecule is CC(C)(c1ccccc1)C(O)c1cc2cccc(Cl)c2o1. The van der Waals surface area contributed by atoms with Crippen molar-refractivity contribution in [3.63, 3.8) is 0 Å². The molecule has 0 bridgehead atoms. The van der Waals surface area contributed by atoms with Crippen LogP contribution in [0.1, 0.15) is 31.3 Å². The number of benzene rings is 2. The molecule has 3 rings (SSSR count). The zero-order valence-corrected chi connectivity index (χ0v) is 12.8. The van der Waals surface area contributed by atoms with E-state index in [2.05, 4.69) is 0 Å². The molecule has 3 heteroatoms. The standard InChI is InChI=1S/C18H17ClO2/c1-18(2,13-8-4-3-5-9-13)17(20)15-11-12-7-6-10-14(19)16(12)21-15/h3-11,17,20H,1-2H3. The molecule has 1 atom stereocenters. The molecule has 21 heavy (non-hydrogen) atoms. The normalized spacial score (nSPS) is 13.5. The number of hydrogen-bond donors (Lipinski definition) is 1. The van der Waals surface area contributed by atoms with Gasteiger partial charge in [0.05, 0.1) is 5.02 Å². The van der Waals surface area contributed by atoms with E-state index in [4.69, 9.17) is 16.0 Å². The van der Waals surface area contributed by atoms with Crippen LogP contribution in [0.2, 0.25) is 5.02 Å². The fourth-order valence-electron chi connectivity index (χ4n) is 2.56. The lowest BCUT2D eigenvalue weighted by atomic mass is 9.78. The second kappa shape index (κ2) is 5.21. The Morgan fingerprint density at radius 2 is 1.76 bits per heavy atom. The summed E-state index contributed by atoms with van der Waals surface area (Å²) in [7, 11) is 0. The van der Waals surface area contributed by atoms with E-state index in [1.165, 1.54) is 0 Å². The number of aliphatic hydroxyl groups excluding tert-OH is 1. The van der Waals surface area contributed by atoms with Gasteiger partial charge in [0, 0.05) is 10.8 Å². The highest BCUT2D eigenvalue weighted by molar-refractivity contribution is 6.34. The second-order valence-electron chi connectivity index (χ2n) is 5.80. The molecule has 108 valence electrons. The molecule has 1 N–H and O–H groups in total. The minimum Gasteiger partial charge on any atom is -0.457 e. The molecule has 0 fully saturated rings. The lowest BCUT2D eigenvalue weighted by molar-refractivity contribution is 0.0800. The van der Waals surface area contributed by atoms with Crippen molar-refractivity contribution >= 4 is 22.6 Å². The molecule has 0 aliphatic rings. The van der Waals surface area contributed by atoms with Crippen molar-refractivity contribution in [2.24, 2.45) is 0 Å². The minimum atomic E-state index is -0.747. The van der Waals surface area contributed by atoms with E-state index < -0.39 is 11.5 Å². The molecule has 0 saturated carbocycles. The van der Waals surface area contributed by atoms with E-state index in [1.54, 1.807) is 6.07 Å². The van der Waals surface area contributed by atoms with Gasteiger partial charge >= 0.3 is 0 Å². The number of halogens is 1. The summed E-state index contributed by atoms with van der Waals surface area (Å²) in [6, 6.07) is 17.4. The maximum absolute atomic E-state index is 10.8. The highest BCUT2D eigenvalue weighted by Crippen LogP contribution is 2.39. The first-order valence-electron chi connectivity index (χ1n) is 6.91. The maximum Gasteiger partial charge on any atom is 0.152 e. The maximum atomic E-state index is 10.8. The number of hydrogen-bond acceptors (Lipinski definition) is 2. The van der Waals surface area contributed by atoms with Crippen molar-refractivity contribution in [1.29, 1.82) is 0 Å². The van der Waals surface area contributed by atoms with Crippen molar-refractivity contribution < 1.29 is 9.52 Å². The van der Waals surface area contributed by atoms with Crippen LogP contribution >= 0.6 is 11.6 Å². The van der Waals surface area contributed by atoms with E-state index in [-0.39, 0.29) is 0 Å². The summed E-state index contributed by atoms with van der Waals surface area (Å²) in [4.78, 5) is 0. The van der Waals surface area contributed by atoms with Crippen LogP contribution < -0.4 is 0 Å². The van der Waals surface area contributed by atoms with Gasteiger partial charge in [0.2, 0.25) is 0 Å². The highest BCUT2D eigenvalue weighted by atomic mass is 35.5. The van der Waals surface area contributed by atoms with Crippen LogP contribution in [0.25, 0.3) is 11.0 Å². The average molecular weight is 301 g/mol. The molecule has 2 nitrogen and oxygen atoms in total. The van der Waals surface area contributed by atoms with E-state index in [1.807, 2.05) is 62.4 Å². The van der Waals surface area contributed by atoms with E-state index in [0.717, 1.165) is 10.9 Å². The lowest BCUT2D eigenvalue weighted by Crippen LogP contribution is -2.26. The Morgan fingerprint density at radius 1 is 1.05 bits per heavy atom. The molecule has 3 aromatic rings. The smallest absolute Gasteiger partial charge is 0.152 e. The largest absolute Gasteiger partial charge is 0.457 e. The van der Waals surface area contributed by atoms with Crippen LogP contribution in [-0.4, -0.2) is 5.11 Å². The number of fused-ring (bicyclic) bond motifs is 1. The first-order chi connectivity index (χ1) is 10.00. The summed E-state index contributed by atoms with van der Waals surface area (Å²) in [6.07, 6.45) is -0.747. The van der Waals surface area contributed by atoms with Gasteiger partial charge in [0.1, 0.15) is 11.9 Å². The zero-order chi connectivity index (χ0) is 15.0. The van der Waals surface area contributed by atoms with Crippen LogP contribution in [0.4, 0.5) is 0 Å². The van der Waals surface area contributed by atoms with Gasteiger partial charge in [-0.25, -0.2) is 0 Å². The van der Waals surface area contributed by atoms with Gasteiger partial charge in [-0.1, -0.05) is 67.9 Å². The van der Waals surface area contributed by atoms with Crippen molar-refractivity contribution in [3.05, 3.63) is 70.9 Å². The molecule has 1 unspecified atom stereocenters. The predicted octanol–water partition coefficient (Wildman–Crippen LogP) is 5.10. The molecule has 2 aromatic carbocycles. The van der Waals surface area contributed by atoms with Crippen LogP contribution in [-0.2, 0) is 5.41 Å². The van der Waals surface area contributed by atoms with E-state index in [9.17, 15) is 5.11 Å². The molecule has 0 aliphatic carbocycles. The lowest BCUT2D eigenvalue weighted by Gasteiger charge is -2.29. The van der Waals surface area contributed by atoms with Gasteiger partial charge in [0.15, 0.2) is 5.58 Å². The van der Waals surface area contributed by atoms with E-state index in [0.29, 0.717) is 16.4 Å². The van der Waals surface area contributed by atoms with Crippen molar-refractivity contribution in [1.82, 2.24) is 0 Å². The van der Waals surface area contributed by atoms with Crippen LogP contribution in [0.5, 0.6) is 0 Å². The molecule has 0 aliphatic heterocycles. The van der Waals surface area contributed by atoms with Gasteiger partial charge in [-0.15, -0.1) is 0 Å². The third kappa shape index (κ3) is 2.45. The summed E-state index contributed by atoms with van der Waals surface area (Å²) in [5.41, 5.74) is 1.22. The van der Waals surface area contributed by atoms with Gasteiger partial charge in [-0.05, 0) is 17.7 Å². The molecule has 0 amide bonds. The molecule has 0 spiro atoms. The summed E-state index contributed by atoms with van der Waals surface area (Å²) in [5.74, 6) is 0.534. The van der Waals surface area contributed by atoms with Crippen LogP contribution in [0.15, 0.2) is 59.0 Å². The third-order valence-electron chi connectivity index (χ3n) is 3.99. The van der Waals surface area contributed by atoms with Gasteiger partial charge in [-0.2, -0.15) is 0 Å².